The summed E-state index contributed by atoms with van der Waals surface area (Å²) in [5.74, 6) is 0.146. The van der Waals surface area contributed by atoms with Gasteiger partial charge in [-0.05, 0) is 31.5 Å². The zero-order valence-corrected chi connectivity index (χ0v) is 16.2. The molecule has 2 aliphatic heterocycles. The van der Waals surface area contributed by atoms with Crippen LogP contribution in [0.1, 0.15) is 23.2 Å². The maximum Gasteiger partial charge on any atom is 0.255 e. The van der Waals surface area contributed by atoms with Crippen molar-refractivity contribution in [1.82, 2.24) is 15.1 Å². The molecule has 1 aromatic rings. The van der Waals surface area contributed by atoms with E-state index >= 15 is 0 Å². The molecule has 2 fully saturated rings. The average Bonchev–Trinajstić information content (AvgIpc) is 2.64. The van der Waals surface area contributed by atoms with Gasteiger partial charge in [0.25, 0.3) is 5.91 Å². The number of nitrogens with one attached hydrogen (secondary N) is 1. The van der Waals surface area contributed by atoms with Crippen LogP contribution in [-0.4, -0.2) is 60.9 Å². The van der Waals surface area contributed by atoms with Gasteiger partial charge in [0, 0.05) is 32.7 Å². The zero-order valence-electron chi connectivity index (χ0n) is 13.8. The first kappa shape index (κ1) is 20.3. The highest BCUT2D eigenvalue weighted by molar-refractivity contribution is 6.43. The Balaban J connectivity index is 0.00000225. The topological polar surface area (TPSA) is 52.7 Å². The van der Waals surface area contributed by atoms with Gasteiger partial charge in [0.2, 0.25) is 5.91 Å². The summed E-state index contributed by atoms with van der Waals surface area (Å²) in [5.41, 5.74) is 0.417. The number of carbonyl (C=O) groups is 2. The Bertz CT molecular complexity index is 628. The molecule has 2 aliphatic rings. The second-order valence-electron chi connectivity index (χ2n) is 6.26. The van der Waals surface area contributed by atoms with E-state index in [1.165, 1.54) is 0 Å². The fourth-order valence-corrected chi connectivity index (χ4v) is 3.67. The van der Waals surface area contributed by atoms with E-state index in [9.17, 15) is 9.59 Å². The third kappa shape index (κ3) is 4.59. The van der Waals surface area contributed by atoms with Gasteiger partial charge in [-0.25, -0.2) is 0 Å². The van der Waals surface area contributed by atoms with Crippen molar-refractivity contribution < 1.29 is 9.59 Å². The van der Waals surface area contributed by atoms with Gasteiger partial charge < -0.3 is 15.1 Å². The molecule has 0 aliphatic carbocycles. The van der Waals surface area contributed by atoms with Crippen LogP contribution < -0.4 is 5.32 Å². The summed E-state index contributed by atoms with van der Waals surface area (Å²) < 4.78 is 0. The third-order valence-electron chi connectivity index (χ3n) is 4.71. The number of nitrogens with zero attached hydrogens (tertiary/aromatic N) is 2. The normalized spacial score (nSPS) is 20.8. The van der Waals surface area contributed by atoms with Crippen molar-refractivity contribution in [1.29, 1.82) is 0 Å². The summed E-state index contributed by atoms with van der Waals surface area (Å²) in [7, 11) is 0. The van der Waals surface area contributed by atoms with E-state index in [0.717, 1.165) is 25.9 Å². The summed E-state index contributed by atoms with van der Waals surface area (Å²) in [6.45, 7) is 3.93. The SMILES string of the molecule is Cl.O=C(c1cccc(Cl)c1Cl)N1CCN(C(=O)C2CCCNC2)CC1. The molecule has 1 N–H and O–H groups in total. The van der Waals surface area contributed by atoms with Crippen LogP contribution >= 0.6 is 35.6 Å². The molecule has 1 atom stereocenters. The molecule has 0 bridgehead atoms. The van der Waals surface area contributed by atoms with Gasteiger partial charge in [0.15, 0.2) is 0 Å². The lowest BCUT2D eigenvalue weighted by molar-refractivity contribution is -0.137. The molecule has 2 heterocycles. The Labute approximate surface area is 164 Å². The molecule has 138 valence electrons. The van der Waals surface area contributed by atoms with E-state index in [2.05, 4.69) is 5.32 Å². The van der Waals surface area contributed by atoms with Crippen molar-refractivity contribution in [3.05, 3.63) is 33.8 Å². The summed E-state index contributed by atoms with van der Waals surface area (Å²) in [4.78, 5) is 28.8. The van der Waals surface area contributed by atoms with Crippen molar-refractivity contribution in [2.24, 2.45) is 5.92 Å². The first-order valence-corrected chi connectivity index (χ1v) is 9.06. The first-order chi connectivity index (χ1) is 11.6. The third-order valence-corrected chi connectivity index (χ3v) is 5.53. The van der Waals surface area contributed by atoms with Crippen molar-refractivity contribution in [2.75, 3.05) is 39.3 Å². The summed E-state index contributed by atoms with van der Waals surface area (Å²) in [6.07, 6.45) is 1.99. The number of hydrogen-bond donors (Lipinski definition) is 1. The molecule has 0 saturated carbocycles. The Morgan fingerprint density at radius 2 is 1.76 bits per heavy atom. The van der Waals surface area contributed by atoms with Crippen molar-refractivity contribution in [3.8, 4) is 0 Å². The standard InChI is InChI=1S/C17H21Cl2N3O2.ClH/c18-14-5-1-4-13(15(14)19)17(24)22-9-7-21(8-10-22)16(23)12-3-2-6-20-11-12;/h1,4-5,12,20H,2-3,6-11H2;1H. The largest absolute Gasteiger partial charge is 0.339 e. The van der Waals surface area contributed by atoms with Crippen LogP contribution in [0.25, 0.3) is 0 Å². The minimum Gasteiger partial charge on any atom is -0.339 e. The first-order valence-electron chi connectivity index (χ1n) is 8.30. The molecular weight excluding hydrogens is 385 g/mol. The van der Waals surface area contributed by atoms with Gasteiger partial charge in [-0.1, -0.05) is 29.3 Å². The molecule has 5 nitrogen and oxygen atoms in total. The number of piperidine rings is 1. The Morgan fingerprint density at radius 3 is 2.40 bits per heavy atom. The maximum atomic E-state index is 12.6. The Hall–Kier alpha value is -1.01. The molecule has 2 amide bonds. The maximum absolute atomic E-state index is 12.6. The molecule has 0 aromatic heterocycles. The number of rotatable bonds is 2. The summed E-state index contributed by atoms with van der Waals surface area (Å²) in [5, 5.41) is 3.94. The van der Waals surface area contributed by atoms with Gasteiger partial charge in [-0.15, -0.1) is 12.4 Å². The van der Waals surface area contributed by atoms with Crippen LogP contribution in [0.2, 0.25) is 10.0 Å². The van der Waals surface area contributed by atoms with Gasteiger partial charge in [0.05, 0.1) is 21.5 Å². The number of halogens is 3. The second kappa shape index (κ2) is 9.08. The van der Waals surface area contributed by atoms with Crippen molar-refractivity contribution >= 4 is 47.4 Å². The molecule has 3 rings (SSSR count). The smallest absolute Gasteiger partial charge is 0.255 e. The lowest BCUT2D eigenvalue weighted by atomic mass is 9.98. The fourth-order valence-electron chi connectivity index (χ4n) is 3.29. The van der Waals surface area contributed by atoms with E-state index in [0.29, 0.717) is 36.8 Å². The number of benzene rings is 1. The van der Waals surface area contributed by atoms with E-state index in [1.54, 1.807) is 23.1 Å². The Kier molecular flexibility index (Phi) is 7.37. The van der Waals surface area contributed by atoms with Crippen LogP contribution in [0.3, 0.4) is 0 Å². The van der Waals surface area contributed by atoms with Gasteiger partial charge in [0.1, 0.15) is 0 Å². The lowest BCUT2D eigenvalue weighted by Gasteiger charge is -2.37. The van der Waals surface area contributed by atoms with Crippen LogP contribution in [-0.2, 0) is 4.79 Å². The van der Waals surface area contributed by atoms with Gasteiger partial charge in [-0.2, -0.15) is 0 Å². The Morgan fingerprint density at radius 1 is 1.08 bits per heavy atom. The minimum atomic E-state index is -0.131. The van der Waals surface area contributed by atoms with Crippen molar-refractivity contribution in [3.63, 3.8) is 0 Å². The highest BCUT2D eigenvalue weighted by Gasteiger charge is 2.30. The molecule has 0 spiro atoms. The molecular formula is C17H22Cl3N3O2. The molecule has 2 saturated heterocycles. The second-order valence-corrected chi connectivity index (χ2v) is 7.05. The van der Waals surface area contributed by atoms with E-state index in [4.69, 9.17) is 23.2 Å². The van der Waals surface area contributed by atoms with Gasteiger partial charge >= 0.3 is 0 Å². The zero-order chi connectivity index (χ0) is 17.1. The van der Waals surface area contributed by atoms with Gasteiger partial charge in [-0.3, -0.25) is 9.59 Å². The fraction of sp³-hybridized carbons (Fsp3) is 0.529. The quantitative estimate of drug-likeness (QED) is 0.821. The van der Waals surface area contributed by atoms with Crippen molar-refractivity contribution in [2.45, 2.75) is 12.8 Å². The van der Waals surface area contributed by atoms with E-state index in [1.807, 2.05) is 4.90 Å². The number of carbonyl (C=O) groups excluding carboxylic acids is 2. The summed E-state index contributed by atoms with van der Waals surface area (Å²) >= 11 is 12.1. The highest BCUT2D eigenvalue weighted by atomic mass is 35.5. The van der Waals surface area contributed by atoms with E-state index in [-0.39, 0.29) is 35.2 Å². The number of piperazine rings is 1. The number of amides is 2. The van der Waals surface area contributed by atoms with Crippen LogP contribution in [0, 0.1) is 5.92 Å². The monoisotopic (exact) mass is 405 g/mol. The van der Waals surface area contributed by atoms with Crippen LogP contribution in [0.5, 0.6) is 0 Å². The van der Waals surface area contributed by atoms with Crippen LogP contribution in [0.4, 0.5) is 0 Å². The minimum absolute atomic E-state index is 0. The molecule has 8 heteroatoms. The number of hydrogen-bond acceptors (Lipinski definition) is 3. The molecule has 25 heavy (non-hydrogen) atoms. The highest BCUT2D eigenvalue weighted by Crippen LogP contribution is 2.27. The average molecular weight is 407 g/mol. The molecule has 1 aromatic carbocycles. The lowest BCUT2D eigenvalue weighted by Crippen LogP contribution is -2.53. The predicted octanol–water partition coefficient (Wildman–Crippen LogP) is 2.70. The predicted molar refractivity (Wildman–Crippen MR) is 102 cm³/mol. The molecule has 0 radical (unpaired) electrons. The van der Waals surface area contributed by atoms with E-state index < -0.39 is 0 Å². The molecule has 1 unspecified atom stereocenters. The van der Waals surface area contributed by atoms with Crippen LogP contribution in [0.15, 0.2) is 18.2 Å². The summed E-state index contributed by atoms with van der Waals surface area (Å²) in [6, 6.07) is 5.06.